The molecule has 0 aromatic heterocycles. The monoisotopic (exact) mass is 467 g/mol. The van der Waals surface area contributed by atoms with Crippen molar-refractivity contribution in [2.75, 3.05) is 19.8 Å². The largest absolute Gasteiger partial charge is 0.448 e. The molecule has 35 heavy (non-hydrogen) atoms. The van der Waals surface area contributed by atoms with Crippen molar-refractivity contribution in [3.8, 4) is 11.1 Å². The minimum atomic E-state index is -1.04. The van der Waals surface area contributed by atoms with E-state index in [0.717, 1.165) is 11.1 Å². The van der Waals surface area contributed by atoms with Crippen LogP contribution in [-0.4, -0.2) is 48.0 Å². The lowest BCUT2D eigenvalue weighted by Gasteiger charge is -2.51. The summed E-state index contributed by atoms with van der Waals surface area (Å²) in [7, 11) is 0. The van der Waals surface area contributed by atoms with Gasteiger partial charge in [0.1, 0.15) is 6.61 Å². The third-order valence-electron chi connectivity index (χ3n) is 7.78. The number of piperidine rings is 1. The number of carbonyl (C=O) groups is 1. The second-order valence-corrected chi connectivity index (χ2v) is 9.79. The smallest absolute Gasteiger partial charge is 0.410 e. The van der Waals surface area contributed by atoms with Crippen LogP contribution in [0.5, 0.6) is 0 Å². The van der Waals surface area contributed by atoms with Crippen molar-refractivity contribution in [1.82, 2.24) is 4.90 Å². The third-order valence-corrected chi connectivity index (χ3v) is 7.78. The van der Waals surface area contributed by atoms with E-state index in [1.165, 1.54) is 22.3 Å². The fraction of sp³-hybridized carbons (Fsp3) is 0.300. The van der Waals surface area contributed by atoms with Crippen LogP contribution < -0.4 is 0 Å². The van der Waals surface area contributed by atoms with Crippen LogP contribution in [0.2, 0.25) is 0 Å². The van der Waals surface area contributed by atoms with Gasteiger partial charge >= 0.3 is 6.09 Å². The number of carbonyl (C=O) groups excluding carboxylic acids is 1. The molecule has 1 aliphatic carbocycles. The highest BCUT2D eigenvalue weighted by atomic mass is 16.6. The summed E-state index contributed by atoms with van der Waals surface area (Å²) in [5.74, 6) is 0.0173. The molecule has 0 radical (unpaired) electrons. The second kappa shape index (κ2) is 8.67. The number of rotatable bonds is 4. The predicted molar refractivity (Wildman–Crippen MR) is 135 cm³/mol. The van der Waals surface area contributed by atoms with Crippen molar-refractivity contribution >= 4 is 12.2 Å². The van der Waals surface area contributed by atoms with Gasteiger partial charge in [-0.25, -0.2) is 4.79 Å². The van der Waals surface area contributed by atoms with E-state index >= 15 is 0 Å². The van der Waals surface area contributed by atoms with Gasteiger partial charge in [-0.2, -0.15) is 0 Å². The van der Waals surface area contributed by atoms with E-state index in [2.05, 4.69) is 30.8 Å². The molecule has 2 unspecified atom stereocenters. The molecule has 178 valence electrons. The van der Waals surface area contributed by atoms with Crippen LogP contribution in [0.4, 0.5) is 4.79 Å². The average molecular weight is 468 g/mol. The van der Waals surface area contributed by atoms with Gasteiger partial charge in [-0.3, -0.25) is 4.90 Å². The molecule has 2 fully saturated rings. The van der Waals surface area contributed by atoms with E-state index in [-0.39, 0.29) is 30.7 Å². The molecule has 0 spiro atoms. The van der Waals surface area contributed by atoms with Crippen LogP contribution >= 0.6 is 0 Å². The lowest BCUT2D eigenvalue weighted by Crippen LogP contribution is -2.62. The highest BCUT2D eigenvalue weighted by Crippen LogP contribution is 2.45. The Labute approximate surface area is 205 Å². The highest BCUT2D eigenvalue weighted by molar-refractivity contribution is 5.79. The number of aliphatic hydroxyl groups is 1. The number of morpholine rings is 1. The second-order valence-electron chi connectivity index (χ2n) is 9.79. The van der Waals surface area contributed by atoms with Crippen molar-refractivity contribution in [2.45, 2.75) is 36.4 Å². The quantitative estimate of drug-likeness (QED) is 0.564. The Kier molecular flexibility index (Phi) is 5.47. The van der Waals surface area contributed by atoms with Gasteiger partial charge in [0.2, 0.25) is 0 Å². The van der Waals surface area contributed by atoms with Gasteiger partial charge in [0.15, 0.2) is 0 Å². The SMILES string of the molecule is C=Cc1ccccc1C1(O)CC2COCC(C1)N2C(=O)OCC1c2ccccc2-c2ccccc21. The van der Waals surface area contributed by atoms with E-state index in [9.17, 15) is 9.90 Å². The zero-order chi connectivity index (χ0) is 24.0. The lowest BCUT2D eigenvalue weighted by molar-refractivity contribution is -0.136. The Balaban J connectivity index is 1.22. The van der Waals surface area contributed by atoms with Crippen LogP contribution in [-0.2, 0) is 15.1 Å². The van der Waals surface area contributed by atoms with Crippen molar-refractivity contribution in [1.29, 1.82) is 0 Å². The molecule has 5 heteroatoms. The van der Waals surface area contributed by atoms with E-state index < -0.39 is 5.60 Å². The molecule has 3 aromatic carbocycles. The standard InChI is InChI=1S/C30H29NO4/c1-2-20-9-3-8-14-28(20)30(33)15-21-17-34-18-22(16-30)31(21)29(32)35-19-27-25-12-6-4-10-23(25)24-11-5-7-13-26(24)27/h2-14,21-22,27,33H,1,15-19H2. The highest BCUT2D eigenvalue weighted by Gasteiger charge is 2.50. The normalized spacial score (nSPS) is 25.0. The zero-order valence-electron chi connectivity index (χ0n) is 19.6. The van der Waals surface area contributed by atoms with E-state index in [4.69, 9.17) is 9.47 Å². The molecule has 6 rings (SSSR count). The maximum Gasteiger partial charge on any atom is 0.410 e. The number of nitrogens with zero attached hydrogens (tertiary/aromatic N) is 1. The van der Waals surface area contributed by atoms with Gasteiger partial charge in [0.05, 0.1) is 30.9 Å². The van der Waals surface area contributed by atoms with E-state index in [1.54, 1.807) is 11.0 Å². The van der Waals surface area contributed by atoms with Crippen LogP contribution in [0.25, 0.3) is 17.2 Å². The number of benzene rings is 3. The van der Waals surface area contributed by atoms with E-state index in [1.807, 2.05) is 48.5 Å². The Morgan fingerprint density at radius 2 is 1.54 bits per heavy atom. The fourth-order valence-electron chi connectivity index (χ4n) is 6.26. The first-order chi connectivity index (χ1) is 17.1. The minimum absolute atomic E-state index is 0.0173. The van der Waals surface area contributed by atoms with Crippen molar-refractivity contribution < 1.29 is 19.4 Å². The molecule has 2 saturated heterocycles. The first-order valence-corrected chi connectivity index (χ1v) is 12.2. The zero-order valence-corrected chi connectivity index (χ0v) is 19.6. The van der Waals surface area contributed by atoms with Crippen molar-refractivity contribution in [3.63, 3.8) is 0 Å². The summed E-state index contributed by atoms with van der Waals surface area (Å²) in [4.78, 5) is 15.2. The van der Waals surface area contributed by atoms with Gasteiger partial charge in [-0.05, 0) is 33.4 Å². The molecule has 2 atom stereocenters. The van der Waals surface area contributed by atoms with Crippen LogP contribution in [0, 0.1) is 0 Å². The first kappa shape index (κ1) is 22.1. The van der Waals surface area contributed by atoms with Gasteiger partial charge in [0, 0.05) is 18.8 Å². The van der Waals surface area contributed by atoms with Crippen LogP contribution in [0.3, 0.4) is 0 Å². The van der Waals surface area contributed by atoms with Gasteiger partial charge in [-0.15, -0.1) is 0 Å². The molecule has 2 heterocycles. The Morgan fingerprint density at radius 1 is 0.971 bits per heavy atom. The molecular formula is C30H29NO4. The number of hydrogen-bond donors (Lipinski definition) is 1. The summed E-state index contributed by atoms with van der Waals surface area (Å²) >= 11 is 0. The molecule has 2 bridgehead atoms. The van der Waals surface area contributed by atoms with Gasteiger partial charge in [0.25, 0.3) is 0 Å². The summed E-state index contributed by atoms with van der Waals surface area (Å²) in [5.41, 5.74) is 5.54. The first-order valence-electron chi connectivity index (χ1n) is 12.2. The van der Waals surface area contributed by atoms with Crippen LogP contribution in [0.15, 0.2) is 79.4 Å². The van der Waals surface area contributed by atoms with Gasteiger partial charge < -0.3 is 14.6 Å². The minimum Gasteiger partial charge on any atom is -0.448 e. The lowest BCUT2D eigenvalue weighted by atomic mass is 9.75. The maximum absolute atomic E-state index is 13.4. The fourth-order valence-corrected chi connectivity index (χ4v) is 6.26. The summed E-state index contributed by atoms with van der Waals surface area (Å²) < 4.78 is 11.8. The Hall–Kier alpha value is -3.41. The number of ether oxygens (including phenoxy) is 2. The summed E-state index contributed by atoms with van der Waals surface area (Å²) in [6, 6.07) is 24.0. The molecule has 3 aliphatic rings. The van der Waals surface area contributed by atoms with Gasteiger partial charge in [-0.1, -0.05) is 85.5 Å². The molecule has 0 saturated carbocycles. The van der Waals surface area contributed by atoms with Crippen molar-refractivity contribution in [3.05, 3.63) is 102 Å². The molecule has 3 aromatic rings. The van der Waals surface area contributed by atoms with E-state index in [0.29, 0.717) is 26.1 Å². The molecule has 1 amide bonds. The molecule has 1 N–H and O–H groups in total. The summed E-state index contributed by atoms with van der Waals surface area (Å²) in [6.45, 7) is 4.97. The average Bonchev–Trinajstić information content (AvgIpc) is 3.20. The maximum atomic E-state index is 13.4. The van der Waals surface area contributed by atoms with Crippen LogP contribution in [0.1, 0.15) is 41.0 Å². The van der Waals surface area contributed by atoms with Crippen molar-refractivity contribution in [2.24, 2.45) is 0 Å². The number of fused-ring (bicyclic) bond motifs is 5. The summed E-state index contributed by atoms with van der Waals surface area (Å²) in [6.07, 6.45) is 2.25. The topological polar surface area (TPSA) is 59.0 Å². The Morgan fingerprint density at radius 3 is 2.17 bits per heavy atom. The number of hydrogen-bond acceptors (Lipinski definition) is 4. The third kappa shape index (κ3) is 3.67. The summed E-state index contributed by atoms with van der Waals surface area (Å²) in [5, 5.41) is 11.7. The molecule has 5 nitrogen and oxygen atoms in total. The molecule has 2 aliphatic heterocycles. The Bertz CT molecular complexity index is 1230. The number of amides is 1. The predicted octanol–water partition coefficient (Wildman–Crippen LogP) is 5.33. The molecular weight excluding hydrogens is 438 g/mol.